The topological polar surface area (TPSA) is 54.9 Å². The number of nitrogens with zero attached hydrogens (tertiary/aromatic N) is 2. The van der Waals surface area contributed by atoms with Gasteiger partial charge in [-0.05, 0) is 41.8 Å². The summed E-state index contributed by atoms with van der Waals surface area (Å²) in [5.41, 5.74) is 4.82. The van der Waals surface area contributed by atoms with Gasteiger partial charge in [0.15, 0.2) is 0 Å². The highest BCUT2D eigenvalue weighted by molar-refractivity contribution is 5.78. The molecule has 4 heteroatoms. The zero-order chi connectivity index (χ0) is 16.8. The standard InChI is InChI=1S/C20H19N3O/c1-15-6-2-3-7-17(15)12-20(24)23-14-16-9-10-19(22-13-16)18-8-4-5-11-21-18/h2-11,13H,12,14H2,1H3,(H,23,24). The van der Waals surface area contributed by atoms with Crippen LogP contribution in [0.25, 0.3) is 11.4 Å². The molecule has 1 aromatic carbocycles. The van der Waals surface area contributed by atoms with Crippen LogP contribution >= 0.6 is 0 Å². The molecule has 3 rings (SSSR count). The molecule has 0 atom stereocenters. The average molecular weight is 317 g/mol. The van der Waals surface area contributed by atoms with Crippen LogP contribution in [0.4, 0.5) is 0 Å². The van der Waals surface area contributed by atoms with Gasteiger partial charge in [-0.1, -0.05) is 36.4 Å². The summed E-state index contributed by atoms with van der Waals surface area (Å²) < 4.78 is 0. The largest absolute Gasteiger partial charge is 0.352 e. The minimum atomic E-state index is 0.0121. The number of amides is 1. The van der Waals surface area contributed by atoms with Gasteiger partial charge in [-0.15, -0.1) is 0 Å². The Morgan fingerprint density at radius 3 is 2.46 bits per heavy atom. The number of benzene rings is 1. The number of nitrogens with one attached hydrogen (secondary N) is 1. The molecule has 0 radical (unpaired) electrons. The van der Waals surface area contributed by atoms with E-state index in [0.717, 1.165) is 28.1 Å². The molecule has 0 fully saturated rings. The van der Waals surface area contributed by atoms with Gasteiger partial charge in [-0.25, -0.2) is 0 Å². The van der Waals surface area contributed by atoms with Crippen molar-refractivity contribution in [3.8, 4) is 11.4 Å². The Kier molecular flexibility index (Phi) is 4.96. The van der Waals surface area contributed by atoms with Crippen LogP contribution < -0.4 is 5.32 Å². The molecule has 2 heterocycles. The Labute approximate surface area is 141 Å². The number of aryl methyl sites for hydroxylation is 1. The van der Waals surface area contributed by atoms with E-state index in [1.54, 1.807) is 12.4 Å². The maximum atomic E-state index is 12.1. The smallest absolute Gasteiger partial charge is 0.224 e. The predicted octanol–water partition coefficient (Wildman–Crippen LogP) is 3.31. The molecular formula is C20H19N3O. The summed E-state index contributed by atoms with van der Waals surface area (Å²) in [6.45, 7) is 2.49. The van der Waals surface area contributed by atoms with Crippen LogP contribution in [-0.4, -0.2) is 15.9 Å². The molecule has 0 saturated heterocycles. The minimum absolute atomic E-state index is 0.0121. The molecule has 0 bridgehead atoms. The number of hydrogen-bond acceptors (Lipinski definition) is 3. The van der Waals surface area contributed by atoms with Gasteiger partial charge in [0.05, 0.1) is 17.8 Å². The zero-order valence-electron chi connectivity index (χ0n) is 13.6. The number of rotatable bonds is 5. The van der Waals surface area contributed by atoms with Gasteiger partial charge in [-0.3, -0.25) is 14.8 Å². The van der Waals surface area contributed by atoms with Crippen molar-refractivity contribution in [3.63, 3.8) is 0 Å². The summed E-state index contributed by atoms with van der Waals surface area (Å²) in [6, 6.07) is 17.6. The summed E-state index contributed by atoms with van der Waals surface area (Å²) in [5.74, 6) is 0.0121. The third-order valence-electron chi connectivity index (χ3n) is 3.85. The summed E-state index contributed by atoms with van der Waals surface area (Å²) in [5, 5.41) is 2.94. The molecule has 0 unspecified atom stereocenters. The second-order valence-electron chi connectivity index (χ2n) is 5.65. The Hall–Kier alpha value is -3.01. The molecule has 1 N–H and O–H groups in total. The molecule has 0 saturated carbocycles. The number of carbonyl (C=O) groups is 1. The molecule has 0 aliphatic rings. The third-order valence-corrected chi connectivity index (χ3v) is 3.85. The van der Waals surface area contributed by atoms with Crippen LogP contribution in [0.5, 0.6) is 0 Å². The Bertz CT molecular complexity index is 814. The molecule has 1 amide bonds. The summed E-state index contributed by atoms with van der Waals surface area (Å²) in [6.07, 6.45) is 3.92. The first-order valence-electron chi connectivity index (χ1n) is 7.90. The van der Waals surface area contributed by atoms with E-state index >= 15 is 0 Å². The van der Waals surface area contributed by atoms with Gasteiger partial charge < -0.3 is 5.32 Å². The first-order valence-corrected chi connectivity index (χ1v) is 7.90. The second kappa shape index (κ2) is 7.51. The van der Waals surface area contributed by atoms with E-state index in [4.69, 9.17) is 0 Å². The number of hydrogen-bond donors (Lipinski definition) is 1. The van der Waals surface area contributed by atoms with Gasteiger partial charge in [0.25, 0.3) is 0 Å². The van der Waals surface area contributed by atoms with Crippen molar-refractivity contribution in [2.75, 3.05) is 0 Å². The Balaban J connectivity index is 1.57. The zero-order valence-corrected chi connectivity index (χ0v) is 13.6. The molecule has 0 aliphatic heterocycles. The first-order chi connectivity index (χ1) is 11.7. The fourth-order valence-corrected chi connectivity index (χ4v) is 2.44. The highest BCUT2D eigenvalue weighted by atomic mass is 16.1. The highest BCUT2D eigenvalue weighted by Crippen LogP contribution is 2.13. The van der Waals surface area contributed by atoms with Gasteiger partial charge >= 0.3 is 0 Å². The average Bonchev–Trinajstić information content (AvgIpc) is 2.63. The lowest BCUT2D eigenvalue weighted by Crippen LogP contribution is -2.24. The Morgan fingerprint density at radius 1 is 0.958 bits per heavy atom. The minimum Gasteiger partial charge on any atom is -0.352 e. The predicted molar refractivity (Wildman–Crippen MR) is 94.2 cm³/mol. The fourth-order valence-electron chi connectivity index (χ4n) is 2.44. The molecule has 0 spiro atoms. The van der Waals surface area contributed by atoms with E-state index < -0.39 is 0 Å². The number of carbonyl (C=O) groups excluding carboxylic acids is 1. The van der Waals surface area contributed by atoms with Crippen molar-refractivity contribution < 1.29 is 4.79 Å². The Morgan fingerprint density at radius 2 is 1.75 bits per heavy atom. The van der Waals surface area contributed by atoms with Crippen LogP contribution in [-0.2, 0) is 17.8 Å². The van der Waals surface area contributed by atoms with Crippen LogP contribution in [0.3, 0.4) is 0 Å². The van der Waals surface area contributed by atoms with Gasteiger partial charge in [0.1, 0.15) is 0 Å². The van der Waals surface area contributed by atoms with Crippen LogP contribution in [0.15, 0.2) is 67.0 Å². The van der Waals surface area contributed by atoms with Crippen molar-refractivity contribution >= 4 is 5.91 Å². The van der Waals surface area contributed by atoms with Crippen molar-refractivity contribution in [3.05, 3.63) is 83.7 Å². The van der Waals surface area contributed by atoms with E-state index in [2.05, 4.69) is 15.3 Å². The molecule has 24 heavy (non-hydrogen) atoms. The van der Waals surface area contributed by atoms with E-state index in [1.807, 2.05) is 61.5 Å². The SMILES string of the molecule is Cc1ccccc1CC(=O)NCc1ccc(-c2ccccn2)nc1. The lowest BCUT2D eigenvalue weighted by atomic mass is 10.1. The number of aromatic nitrogens is 2. The van der Waals surface area contributed by atoms with Crippen LogP contribution in [0.2, 0.25) is 0 Å². The lowest BCUT2D eigenvalue weighted by Gasteiger charge is -2.08. The van der Waals surface area contributed by atoms with Crippen molar-refractivity contribution in [1.82, 2.24) is 15.3 Å². The molecule has 120 valence electrons. The van der Waals surface area contributed by atoms with Crippen molar-refractivity contribution in [1.29, 1.82) is 0 Å². The monoisotopic (exact) mass is 317 g/mol. The summed E-state index contributed by atoms with van der Waals surface area (Å²) >= 11 is 0. The molecule has 3 aromatic rings. The molecular weight excluding hydrogens is 298 g/mol. The van der Waals surface area contributed by atoms with E-state index in [0.29, 0.717) is 13.0 Å². The third kappa shape index (κ3) is 4.04. The van der Waals surface area contributed by atoms with E-state index in [-0.39, 0.29) is 5.91 Å². The van der Waals surface area contributed by atoms with Gasteiger partial charge in [0, 0.05) is 18.9 Å². The molecule has 2 aromatic heterocycles. The van der Waals surface area contributed by atoms with E-state index in [1.165, 1.54) is 0 Å². The highest BCUT2D eigenvalue weighted by Gasteiger charge is 2.06. The second-order valence-corrected chi connectivity index (χ2v) is 5.65. The van der Waals surface area contributed by atoms with Crippen LogP contribution in [0.1, 0.15) is 16.7 Å². The maximum absolute atomic E-state index is 12.1. The van der Waals surface area contributed by atoms with Crippen molar-refractivity contribution in [2.24, 2.45) is 0 Å². The summed E-state index contributed by atoms with van der Waals surface area (Å²) in [7, 11) is 0. The lowest BCUT2D eigenvalue weighted by molar-refractivity contribution is -0.120. The number of pyridine rings is 2. The first kappa shape index (κ1) is 15.9. The van der Waals surface area contributed by atoms with Crippen LogP contribution in [0, 0.1) is 6.92 Å². The quantitative estimate of drug-likeness (QED) is 0.785. The van der Waals surface area contributed by atoms with Crippen molar-refractivity contribution in [2.45, 2.75) is 19.9 Å². The normalized spacial score (nSPS) is 10.4. The molecule has 0 aliphatic carbocycles. The fraction of sp³-hybridized carbons (Fsp3) is 0.150. The summed E-state index contributed by atoms with van der Waals surface area (Å²) in [4.78, 5) is 20.8. The molecule has 4 nitrogen and oxygen atoms in total. The van der Waals surface area contributed by atoms with E-state index in [9.17, 15) is 4.79 Å². The van der Waals surface area contributed by atoms with Gasteiger partial charge in [0.2, 0.25) is 5.91 Å². The maximum Gasteiger partial charge on any atom is 0.224 e. The van der Waals surface area contributed by atoms with Gasteiger partial charge in [-0.2, -0.15) is 0 Å².